The number of aromatic nitrogens is 2. The third-order valence-electron chi connectivity index (χ3n) is 5.60. The van der Waals surface area contributed by atoms with Crippen molar-refractivity contribution in [1.82, 2.24) is 14.5 Å². The number of amides is 2. The lowest BCUT2D eigenvalue weighted by Crippen LogP contribution is -2.42. The quantitative estimate of drug-likeness (QED) is 0.357. The summed E-state index contributed by atoms with van der Waals surface area (Å²) in [7, 11) is 2.84. The van der Waals surface area contributed by atoms with Crippen LogP contribution in [0.2, 0.25) is 0 Å². The molecular formula is C25H24N4O7. The van der Waals surface area contributed by atoms with Crippen molar-refractivity contribution in [2.24, 2.45) is 5.73 Å². The Bertz CT molecular complexity index is 1530. The monoisotopic (exact) mass is 492 g/mol. The Morgan fingerprint density at radius 3 is 2.31 bits per heavy atom. The summed E-state index contributed by atoms with van der Waals surface area (Å²) in [5.74, 6) is 0.162. The van der Waals surface area contributed by atoms with E-state index in [1.165, 1.54) is 32.6 Å². The number of nitrogens with one attached hydrogen (secondary N) is 1. The van der Waals surface area contributed by atoms with Crippen LogP contribution in [0.15, 0.2) is 68.8 Å². The van der Waals surface area contributed by atoms with Gasteiger partial charge in [0.05, 0.1) is 44.5 Å². The fourth-order valence-corrected chi connectivity index (χ4v) is 3.82. The van der Waals surface area contributed by atoms with Crippen LogP contribution in [0.1, 0.15) is 21.7 Å². The second-order valence-corrected chi connectivity index (χ2v) is 7.91. The highest BCUT2D eigenvalue weighted by Crippen LogP contribution is 2.30. The summed E-state index contributed by atoms with van der Waals surface area (Å²) in [4.78, 5) is 50.6. The van der Waals surface area contributed by atoms with E-state index >= 15 is 0 Å². The number of benzene rings is 2. The van der Waals surface area contributed by atoms with E-state index in [0.717, 1.165) is 9.13 Å². The van der Waals surface area contributed by atoms with Crippen molar-refractivity contribution >= 4 is 22.7 Å². The molecule has 0 aliphatic rings. The van der Waals surface area contributed by atoms with E-state index in [4.69, 9.17) is 19.6 Å². The van der Waals surface area contributed by atoms with Crippen molar-refractivity contribution in [1.29, 1.82) is 0 Å². The molecule has 2 amide bonds. The van der Waals surface area contributed by atoms with Crippen molar-refractivity contribution in [3.63, 3.8) is 0 Å². The molecule has 186 valence electrons. The van der Waals surface area contributed by atoms with E-state index < -0.39 is 23.7 Å². The number of carbonyl (C=O) groups excluding carboxylic acids is 2. The molecule has 2 aromatic carbocycles. The number of primary amides is 1. The number of nitrogens with two attached hydrogens (primary N) is 1. The predicted molar refractivity (Wildman–Crippen MR) is 130 cm³/mol. The standard InChI is InChI=1S/C25H24N4O7/c1-34-20-10-18-19(11-21(20)35-2)28(14-22(26)30)25(33)29(24(18)32)13-15-5-7-16(8-6-15)23(31)27-12-17-4-3-9-36-17/h3-11H,12-14H2,1-2H3,(H2,26,30)(H,27,31). The van der Waals surface area contributed by atoms with Crippen LogP contribution < -0.4 is 31.8 Å². The Kier molecular flexibility index (Phi) is 6.91. The minimum atomic E-state index is -0.747. The molecule has 0 radical (unpaired) electrons. The average molecular weight is 492 g/mol. The fraction of sp³-hybridized carbons (Fsp3) is 0.200. The number of rotatable bonds is 9. The van der Waals surface area contributed by atoms with Gasteiger partial charge in [-0.1, -0.05) is 12.1 Å². The molecule has 11 heteroatoms. The first-order chi connectivity index (χ1) is 17.3. The summed E-state index contributed by atoms with van der Waals surface area (Å²) in [6.07, 6.45) is 1.52. The highest BCUT2D eigenvalue weighted by Gasteiger charge is 2.18. The first-order valence-electron chi connectivity index (χ1n) is 10.9. The highest BCUT2D eigenvalue weighted by molar-refractivity contribution is 5.94. The van der Waals surface area contributed by atoms with Crippen molar-refractivity contribution in [3.05, 3.63) is 92.5 Å². The smallest absolute Gasteiger partial charge is 0.332 e. The molecule has 0 spiro atoms. The minimum Gasteiger partial charge on any atom is -0.493 e. The summed E-state index contributed by atoms with van der Waals surface area (Å²) in [6.45, 7) is -0.275. The maximum atomic E-state index is 13.3. The molecule has 0 aliphatic carbocycles. The molecule has 0 bridgehead atoms. The molecule has 4 rings (SSSR count). The van der Waals surface area contributed by atoms with Crippen LogP contribution in [0.5, 0.6) is 11.5 Å². The van der Waals surface area contributed by atoms with Crippen LogP contribution >= 0.6 is 0 Å². The Balaban J connectivity index is 1.68. The van der Waals surface area contributed by atoms with E-state index in [2.05, 4.69) is 5.32 Å². The van der Waals surface area contributed by atoms with Gasteiger partial charge in [-0.3, -0.25) is 23.5 Å². The molecule has 0 saturated heterocycles. The molecular weight excluding hydrogens is 468 g/mol. The van der Waals surface area contributed by atoms with Crippen molar-refractivity contribution in [3.8, 4) is 11.5 Å². The van der Waals surface area contributed by atoms with E-state index in [1.807, 2.05) is 0 Å². The van der Waals surface area contributed by atoms with Crippen LogP contribution in [0.25, 0.3) is 10.9 Å². The van der Waals surface area contributed by atoms with E-state index in [9.17, 15) is 19.2 Å². The summed E-state index contributed by atoms with van der Waals surface area (Å²) in [5.41, 5.74) is 5.28. The Labute approximate surface area is 204 Å². The first-order valence-corrected chi connectivity index (χ1v) is 10.9. The number of furan rings is 1. The van der Waals surface area contributed by atoms with Crippen molar-refractivity contribution in [2.45, 2.75) is 19.6 Å². The molecule has 0 aliphatic heterocycles. The summed E-state index contributed by atoms with van der Waals surface area (Å²) in [6, 6.07) is 12.9. The Morgan fingerprint density at radius 1 is 1.00 bits per heavy atom. The zero-order valence-electron chi connectivity index (χ0n) is 19.6. The van der Waals surface area contributed by atoms with Gasteiger partial charge >= 0.3 is 5.69 Å². The number of ether oxygens (including phenoxy) is 2. The number of hydrogen-bond donors (Lipinski definition) is 2. The lowest BCUT2D eigenvalue weighted by Gasteiger charge is -2.15. The zero-order valence-corrected chi connectivity index (χ0v) is 19.6. The van der Waals surface area contributed by atoms with Gasteiger partial charge in [0.15, 0.2) is 11.5 Å². The Morgan fingerprint density at radius 2 is 1.69 bits per heavy atom. The predicted octanol–water partition coefficient (Wildman–Crippen LogP) is 1.24. The molecule has 0 fully saturated rings. The van der Waals surface area contributed by atoms with Gasteiger partial charge in [0.1, 0.15) is 12.3 Å². The lowest BCUT2D eigenvalue weighted by atomic mass is 10.1. The molecule has 36 heavy (non-hydrogen) atoms. The van der Waals surface area contributed by atoms with E-state index in [1.54, 1.807) is 36.4 Å². The third-order valence-corrected chi connectivity index (χ3v) is 5.60. The van der Waals surface area contributed by atoms with Gasteiger partial charge in [-0.15, -0.1) is 0 Å². The van der Waals surface area contributed by atoms with Gasteiger partial charge in [-0.05, 0) is 35.9 Å². The zero-order chi connectivity index (χ0) is 25.8. The normalized spacial score (nSPS) is 10.8. The molecule has 11 nitrogen and oxygen atoms in total. The molecule has 0 atom stereocenters. The second kappa shape index (κ2) is 10.2. The molecule has 0 saturated carbocycles. The van der Waals surface area contributed by atoms with Crippen LogP contribution in [0.3, 0.4) is 0 Å². The topological polar surface area (TPSA) is 148 Å². The van der Waals surface area contributed by atoms with Crippen LogP contribution in [0, 0.1) is 0 Å². The largest absolute Gasteiger partial charge is 0.493 e. The number of hydrogen-bond acceptors (Lipinski definition) is 7. The van der Waals surface area contributed by atoms with Crippen molar-refractivity contribution in [2.75, 3.05) is 14.2 Å². The van der Waals surface area contributed by atoms with Crippen LogP contribution in [-0.2, 0) is 24.4 Å². The molecule has 4 aromatic rings. The minimum absolute atomic E-state index is 0.0883. The SMILES string of the molecule is COc1cc2c(=O)n(Cc3ccc(C(=O)NCc4ccco4)cc3)c(=O)n(CC(N)=O)c2cc1OC. The number of nitrogens with zero attached hydrogens (tertiary/aromatic N) is 2. The van der Waals surface area contributed by atoms with Gasteiger partial charge in [-0.2, -0.15) is 0 Å². The summed E-state index contributed by atoms with van der Waals surface area (Å²) >= 11 is 0. The average Bonchev–Trinajstić information content (AvgIpc) is 3.41. The maximum absolute atomic E-state index is 13.3. The van der Waals surface area contributed by atoms with Gasteiger partial charge < -0.3 is 24.9 Å². The first kappa shape index (κ1) is 24.3. The molecule has 0 unspecified atom stereocenters. The number of carbonyl (C=O) groups is 2. The Hall–Kier alpha value is -4.80. The molecule has 2 aromatic heterocycles. The molecule has 3 N–H and O–H groups in total. The van der Waals surface area contributed by atoms with Gasteiger partial charge in [0, 0.05) is 11.6 Å². The maximum Gasteiger partial charge on any atom is 0.332 e. The number of fused-ring (bicyclic) bond motifs is 1. The number of methoxy groups -OCH3 is 2. The molecule has 2 heterocycles. The lowest BCUT2D eigenvalue weighted by molar-refractivity contribution is -0.118. The fourth-order valence-electron chi connectivity index (χ4n) is 3.82. The van der Waals surface area contributed by atoms with Gasteiger partial charge in [-0.25, -0.2) is 4.79 Å². The second-order valence-electron chi connectivity index (χ2n) is 7.91. The van der Waals surface area contributed by atoms with Gasteiger partial charge in [0.2, 0.25) is 5.91 Å². The third kappa shape index (κ3) is 4.85. The van der Waals surface area contributed by atoms with Crippen LogP contribution in [0.4, 0.5) is 0 Å². The summed E-state index contributed by atoms with van der Waals surface area (Å²) in [5, 5.41) is 2.90. The van der Waals surface area contributed by atoms with Crippen molar-refractivity contribution < 1.29 is 23.5 Å². The van der Waals surface area contributed by atoms with E-state index in [-0.39, 0.29) is 29.9 Å². The highest BCUT2D eigenvalue weighted by atomic mass is 16.5. The van der Waals surface area contributed by atoms with Crippen LogP contribution in [-0.4, -0.2) is 35.2 Å². The van der Waals surface area contributed by atoms with Gasteiger partial charge in [0.25, 0.3) is 11.5 Å². The summed E-state index contributed by atoms with van der Waals surface area (Å²) < 4.78 is 17.9. The van der Waals surface area contributed by atoms with E-state index in [0.29, 0.717) is 28.4 Å².